The predicted molar refractivity (Wildman–Crippen MR) is 141 cm³/mol. The number of ether oxygens (including phenoxy) is 2. The van der Waals surface area contributed by atoms with Gasteiger partial charge in [0.25, 0.3) is 5.88 Å². The summed E-state index contributed by atoms with van der Waals surface area (Å²) in [5.41, 5.74) is 0.114. The lowest BCUT2D eigenvalue weighted by Crippen LogP contribution is -2.61. The molecule has 0 amide bonds. The largest absolute Gasteiger partial charge is 0.471 e. The van der Waals surface area contributed by atoms with Crippen molar-refractivity contribution in [1.29, 1.82) is 0 Å². The van der Waals surface area contributed by atoms with E-state index in [-0.39, 0.29) is 45.6 Å². The third-order valence-electron chi connectivity index (χ3n) is 8.52. The Morgan fingerprint density at radius 3 is 2.67 bits per heavy atom. The normalized spacial score (nSPS) is 27.2. The van der Waals surface area contributed by atoms with E-state index in [0.29, 0.717) is 55.7 Å². The maximum absolute atomic E-state index is 15.6. The second kappa shape index (κ2) is 9.18. The molecule has 4 unspecified atom stereocenters. The number of halogens is 3. The van der Waals surface area contributed by atoms with Gasteiger partial charge in [-0.3, -0.25) is 0 Å². The molecule has 2 aliphatic carbocycles. The Labute approximate surface area is 234 Å². The SMILES string of the molecule is Cc1cc(Nc2ncnc(OC3C4COCC45CN(c4ncc(Cl)cn4)CC35)c2F)c(F)cc1S(=O)(=O)C1CC1. The lowest BCUT2D eigenvalue weighted by atomic mass is 9.54. The van der Waals surface area contributed by atoms with Gasteiger partial charge in [0, 0.05) is 30.3 Å². The van der Waals surface area contributed by atoms with E-state index in [4.69, 9.17) is 21.1 Å². The molecule has 2 saturated heterocycles. The number of aromatic nitrogens is 4. The van der Waals surface area contributed by atoms with Crippen molar-refractivity contribution in [2.75, 3.05) is 36.5 Å². The number of sulfone groups is 1. The lowest BCUT2D eigenvalue weighted by Gasteiger charge is -2.51. The minimum Gasteiger partial charge on any atom is -0.471 e. The molecule has 40 heavy (non-hydrogen) atoms. The summed E-state index contributed by atoms with van der Waals surface area (Å²) in [7, 11) is -3.59. The Morgan fingerprint density at radius 1 is 1.15 bits per heavy atom. The molecule has 4 aliphatic rings. The molecule has 2 aromatic heterocycles. The highest BCUT2D eigenvalue weighted by Gasteiger charge is 2.70. The van der Waals surface area contributed by atoms with Crippen LogP contribution in [0.15, 0.2) is 35.7 Å². The molecule has 4 fully saturated rings. The molecule has 2 aliphatic heterocycles. The van der Waals surface area contributed by atoms with Gasteiger partial charge in [0.2, 0.25) is 11.8 Å². The molecule has 10 nitrogen and oxygen atoms in total. The van der Waals surface area contributed by atoms with E-state index < -0.39 is 26.7 Å². The topological polar surface area (TPSA) is 119 Å². The standard InChI is InChI=1S/C26H25ClF2N6O4S/c1-13-4-19(18(28)5-20(13)40(36,37)15-2-3-15)34-23-21(29)24(33-12-32-23)39-22-16-8-35(25-30-6-14(27)7-31-25)10-26(16)11-38-9-17(22)26/h4-7,12,15-17,22H,2-3,8-11H2,1H3,(H,32,33,34). The van der Waals surface area contributed by atoms with Crippen molar-refractivity contribution in [2.45, 2.75) is 36.0 Å². The zero-order valence-corrected chi connectivity index (χ0v) is 22.9. The van der Waals surface area contributed by atoms with E-state index >= 15 is 4.39 Å². The molecule has 4 heterocycles. The van der Waals surface area contributed by atoms with Gasteiger partial charge in [-0.15, -0.1) is 0 Å². The quantitative estimate of drug-likeness (QED) is 0.436. The molecule has 0 bridgehead atoms. The lowest BCUT2D eigenvalue weighted by molar-refractivity contribution is -0.103. The number of anilines is 3. The van der Waals surface area contributed by atoms with Gasteiger partial charge in [-0.2, -0.15) is 9.37 Å². The number of hydrogen-bond donors (Lipinski definition) is 1. The first-order chi connectivity index (χ1) is 19.2. The fourth-order valence-corrected chi connectivity index (χ4v) is 8.34. The molecule has 210 valence electrons. The van der Waals surface area contributed by atoms with Crippen molar-refractivity contribution >= 4 is 38.9 Å². The van der Waals surface area contributed by atoms with Crippen molar-refractivity contribution in [3.63, 3.8) is 0 Å². The van der Waals surface area contributed by atoms with Crippen LogP contribution in [0, 0.1) is 35.8 Å². The van der Waals surface area contributed by atoms with E-state index in [2.05, 4.69) is 30.2 Å². The highest BCUT2D eigenvalue weighted by Crippen LogP contribution is 2.60. The molecule has 14 heteroatoms. The summed E-state index contributed by atoms with van der Waals surface area (Å²) in [5.74, 6) is -1.61. The van der Waals surface area contributed by atoms with Crippen molar-refractivity contribution in [3.05, 3.63) is 53.1 Å². The van der Waals surface area contributed by atoms with Gasteiger partial charge in [0.05, 0.1) is 46.5 Å². The second-order valence-electron chi connectivity index (χ2n) is 10.9. The third-order valence-corrected chi connectivity index (χ3v) is 11.1. The molecule has 2 saturated carbocycles. The fraction of sp³-hybridized carbons (Fsp3) is 0.462. The van der Waals surface area contributed by atoms with Crippen molar-refractivity contribution in [1.82, 2.24) is 19.9 Å². The van der Waals surface area contributed by atoms with Crippen LogP contribution in [0.3, 0.4) is 0 Å². The highest BCUT2D eigenvalue weighted by molar-refractivity contribution is 7.92. The van der Waals surface area contributed by atoms with Crippen LogP contribution in [0.25, 0.3) is 0 Å². The molecule has 0 radical (unpaired) electrons. The van der Waals surface area contributed by atoms with Gasteiger partial charge < -0.3 is 19.7 Å². The Balaban J connectivity index is 1.11. The third kappa shape index (κ3) is 4.00. The number of rotatable bonds is 7. The molecular weight excluding hydrogens is 566 g/mol. The average Bonchev–Trinajstić information content (AvgIpc) is 3.67. The smallest absolute Gasteiger partial charge is 0.256 e. The van der Waals surface area contributed by atoms with Gasteiger partial charge in [-0.05, 0) is 37.5 Å². The van der Waals surface area contributed by atoms with Crippen molar-refractivity contribution in [3.8, 4) is 5.88 Å². The van der Waals surface area contributed by atoms with Crippen LogP contribution in [-0.2, 0) is 14.6 Å². The Kier molecular flexibility index (Phi) is 5.92. The zero-order chi connectivity index (χ0) is 27.8. The Hall–Kier alpha value is -3.16. The first-order valence-electron chi connectivity index (χ1n) is 13.0. The van der Waals surface area contributed by atoms with Crippen LogP contribution >= 0.6 is 11.6 Å². The summed E-state index contributed by atoms with van der Waals surface area (Å²) in [6, 6.07) is 2.32. The summed E-state index contributed by atoms with van der Waals surface area (Å²) in [6.07, 6.45) is 5.02. The van der Waals surface area contributed by atoms with Gasteiger partial charge in [0.15, 0.2) is 15.7 Å². The highest BCUT2D eigenvalue weighted by atomic mass is 35.5. The molecule has 7 rings (SSSR count). The van der Waals surface area contributed by atoms with Crippen molar-refractivity contribution < 1.29 is 26.7 Å². The molecule has 1 N–H and O–H groups in total. The minimum atomic E-state index is -3.59. The number of aryl methyl sites for hydroxylation is 1. The summed E-state index contributed by atoms with van der Waals surface area (Å²) in [6.45, 7) is 3.92. The van der Waals surface area contributed by atoms with Crippen LogP contribution in [-0.4, -0.2) is 66.0 Å². The predicted octanol–water partition coefficient (Wildman–Crippen LogP) is 3.72. The Morgan fingerprint density at radius 2 is 1.93 bits per heavy atom. The molecule has 3 aromatic rings. The van der Waals surface area contributed by atoms with Gasteiger partial charge >= 0.3 is 0 Å². The maximum atomic E-state index is 15.6. The first-order valence-corrected chi connectivity index (χ1v) is 14.9. The van der Waals surface area contributed by atoms with E-state index in [1.54, 1.807) is 19.3 Å². The van der Waals surface area contributed by atoms with Crippen LogP contribution < -0.4 is 15.0 Å². The summed E-state index contributed by atoms with van der Waals surface area (Å²) < 4.78 is 67.7. The van der Waals surface area contributed by atoms with Crippen molar-refractivity contribution in [2.24, 2.45) is 17.3 Å². The number of hydrogen-bond acceptors (Lipinski definition) is 10. The molecular formula is C26H25ClF2N6O4S. The van der Waals surface area contributed by atoms with Crippen LogP contribution in [0.4, 0.5) is 26.2 Å². The zero-order valence-electron chi connectivity index (χ0n) is 21.3. The van der Waals surface area contributed by atoms with E-state index in [1.807, 2.05) is 0 Å². The van der Waals surface area contributed by atoms with Crippen LogP contribution in [0.2, 0.25) is 5.02 Å². The minimum absolute atomic E-state index is 0.0293. The molecule has 4 atom stereocenters. The maximum Gasteiger partial charge on any atom is 0.256 e. The fourth-order valence-electron chi connectivity index (χ4n) is 6.35. The number of benzene rings is 1. The average molecular weight is 591 g/mol. The van der Waals surface area contributed by atoms with Crippen LogP contribution in [0.5, 0.6) is 5.88 Å². The van der Waals surface area contributed by atoms with E-state index in [1.165, 1.54) is 6.07 Å². The van der Waals surface area contributed by atoms with E-state index in [0.717, 1.165) is 12.4 Å². The number of nitrogens with one attached hydrogen (secondary N) is 1. The monoisotopic (exact) mass is 590 g/mol. The van der Waals surface area contributed by atoms with Gasteiger partial charge in [0.1, 0.15) is 18.2 Å². The molecule has 1 aromatic carbocycles. The van der Waals surface area contributed by atoms with E-state index in [9.17, 15) is 12.8 Å². The summed E-state index contributed by atoms with van der Waals surface area (Å²) in [5, 5.41) is 2.62. The Bertz CT molecular complexity index is 1610. The number of nitrogens with zero attached hydrogens (tertiary/aromatic N) is 5. The van der Waals surface area contributed by atoms with Gasteiger partial charge in [-0.1, -0.05) is 11.6 Å². The summed E-state index contributed by atoms with van der Waals surface area (Å²) >= 11 is 5.94. The second-order valence-corrected chi connectivity index (χ2v) is 13.6. The molecule has 1 spiro atoms. The summed E-state index contributed by atoms with van der Waals surface area (Å²) in [4.78, 5) is 18.6. The first kappa shape index (κ1) is 25.8. The van der Waals surface area contributed by atoms with Crippen LogP contribution in [0.1, 0.15) is 18.4 Å². The van der Waals surface area contributed by atoms with Gasteiger partial charge in [-0.25, -0.2) is 27.8 Å².